The van der Waals surface area contributed by atoms with Gasteiger partial charge in [-0.05, 0) is 42.3 Å². The van der Waals surface area contributed by atoms with Gasteiger partial charge in [0.1, 0.15) is 42.1 Å². The predicted octanol–water partition coefficient (Wildman–Crippen LogP) is 1.80. The Balaban J connectivity index is 1.89. The molecule has 1 unspecified atom stereocenters. The van der Waals surface area contributed by atoms with Crippen LogP contribution in [0.4, 0.5) is 8.78 Å². The number of aliphatic hydroxyl groups excluding tert-OH is 4. The van der Waals surface area contributed by atoms with E-state index in [4.69, 9.17) is 9.47 Å². The summed E-state index contributed by atoms with van der Waals surface area (Å²) in [4.78, 5) is 0. The molecule has 1 aliphatic rings. The van der Waals surface area contributed by atoms with Gasteiger partial charge in [0.05, 0.1) is 13.2 Å². The maximum atomic E-state index is 15.1. The van der Waals surface area contributed by atoms with E-state index in [1.807, 2.05) is 6.92 Å². The van der Waals surface area contributed by atoms with E-state index in [9.17, 15) is 24.8 Å². The molecule has 4 N–H and O–H groups in total. The van der Waals surface area contributed by atoms with Crippen molar-refractivity contribution in [3.63, 3.8) is 0 Å². The van der Waals surface area contributed by atoms with Crippen LogP contribution in [0.1, 0.15) is 35.9 Å². The number of alkyl halides is 1. The molecule has 0 aliphatic carbocycles. The molecule has 0 radical (unpaired) electrons. The van der Waals surface area contributed by atoms with Gasteiger partial charge in [0.15, 0.2) is 6.17 Å². The van der Waals surface area contributed by atoms with Crippen LogP contribution in [0.25, 0.3) is 0 Å². The lowest BCUT2D eigenvalue weighted by atomic mass is 9.89. The molecular formula is C21H24F2O6. The van der Waals surface area contributed by atoms with E-state index in [1.54, 1.807) is 12.1 Å². The van der Waals surface area contributed by atoms with Crippen LogP contribution in [-0.4, -0.2) is 58.1 Å². The van der Waals surface area contributed by atoms with Crippen molar-refractivity contribution in [2.45, 2.75) is 43.6 Å². The third-order valence-electron chi connectivity index (χ3n) is 5.00. The van der Waals surface area contributed by atoms with Crippen molar-refractivity contribution < 1.29 is 38.7 Å². The molecule has 6 atom stereocenters. The Morgan fingerprint density at radius 2 is 1.72 bits per heavy atom. The molecule has 1 saturated heterocycles. The van der Waals surface area contributed by atoms with Crippen LogP contribution < -0.4 is 4.74 Å². The van der Waals surface area contributed by atoms with Crippen LogP contribution in [0, 0.1) is 5.82 Å². The van der Waals surface area contributed by atoms with Crippen molar-refractivity contribution in [2.75, 3.05) is 13.2 Å². The van der Waals surface area contributed by atoms with Crippen LogP contribution in [-0.2, 0) is 4.74 Å². The van der Waals surface area contributed by atoms with Gasteiger partial charge < -0.3 is 29.9 Å². The second kappa shape index (κ2) is 9.15. The largest absolute Gasteiger partial charge is 0.494 e. The molecule has 0 bridgehead atoms. The third-order valence-corrected chi connectivity index (χ3v) is 5.00. The first-order chi connectivity index (χ1) is 13.9. The summed E-state index contributed by atoms with van der Waals surface area (Å²) in [7, 11) is 0. The summed E-state index contributed by atoms with van der Waals surface area (Å²) in [6, 6.07) is 9.73. The summed E-state index contributed by atoms with van der Waals surface area (Å²) in [6.07, 6.45) is -8.68. The molecule has 0 aromatic heterocycles. The van der Waals surface area contributed by atoms with Gasteiger partial charge in [-0.25, -0.2) is 8.78 Å². The first-order valence-electron chi connectivity index (χ1n) is 9.34. The highest BCUT2D eigenvalue weighted by atomic mass is 19.1. The van der Waals surface area contributed by atoms with Gasteiger partial charge >= 0.3 is 0 Å². The van der Waals surface area contributed by atoms with Crippen molar-refractivity contribution in [1.29, 1.82) is 0 Å². The molecule has 6 nitrogen and oxygen atoms in total. The van der Waals surface area contributed by atoms with Crippen LogP contribution in [0.15, 0.2) is 42.5 Å². The van der Waals surface area contributed by atoms with Gasteiger partial charge in [0.25, 0.3) is 0 Å². The van der Waals surface area contributed by atoms with Crippen molar-refractivity contribution in [1.82, 2.24) is 0 Å². The highest BCUT2D eigenvalue weighted by molar-refractivity contribution is 5.37. The molecule has 158 valence electrons. The zero-order valence-electron chi connectivity index (χ0n) is 15.8. The minimum Gasteiger partial charge on any atom is -0.494 e. The summed E-state index contributed by atoms with van der Waals surface area (Å²) in [6.45, 7) is 1.70. The maximum absolute atomic E-state index is 15.1. The van der Waals surface area contributed by atoms with Crippen molar-refractivity contribution in [3.05, 3.63) is 65.0 Å². The smallest absolute Gasteiger partial charge is 0.153 e. The molecule has 0 amide bonds. The van der Waals surface area contributed by atoms with E-state index in [0.29, 0.717) is 12.4 Å². The molecule has 1 fully saturated rings. The second-order valence-corrected chi connectivity index (χ2v) is 6.90. The first-order valence-corrected chi connectivity index (χ1v) is 9.34. The van der Waals surface area contributed by atoms with Crippen molar-refractivity contribution in [2.24, 2.45) is 0 Å². The molecule has 29 heavy (non-hydrogen) atoms. The third kappa shape index (κ3) is 4.41. The standard InChI is InChI=1S/C21H24F2O6/c1-2-28-13-6-3-11(4-7-13)17(23)14-9-12(5-8-15(14)22)21-20(27)19(26)18(25)16(10-24)29-21/h3-9,16-21,24-27H,2,10H2,1H3/t16-,17?,18-,19+,20-,21+/m1/s1. The van der Waals surface area contributed by atoms with Crippen LogP contribution in [0.5, 0.6) is 5.75 Å². The Morgan fingerprint density at radius 3 is 2.34 bits per heavy atom. The Kier molecular flexibility index (Phi) is 6.81. The molecule has 1 heterocycles. The zero-order chi connectivity index (χ0) is 21.1. The Hall–Kier alpha value is -2.10. The van der Waals surface area contributed by atoms with E-state index in [-0.39, 0.29) is 16.7 Å². The summed E-state index contributed by atoms with van der Waals surface area (Å²) >= 11 is 0. The number of halogens is 2. The monoisotopic (exact) mass is 410 g/mol. The minimum absolute atomic E-state index is 0.215. The van der Waals surface area contributed by atoms with Gasteiger partial charge in [-0.3, -0.25) is 0 Å². The second-order valence-electron chi connectivity index (χ2n) is 6.90. The molecule has 0 saturated carbocycles. The topological polar surface area (TPSA) is 99.4 Å². The summed E-state index contributed by atoms with van der Waals surface area (Å²) in [5.74, 6) is -0.210. The van der Waals surface area contributed by atoms with E-state index in [2.05, 4.69) is 0 Å². The minimum atomic E-state index is -1.78. The molecule has 3 rings (SSSR count). The van der Waals surface area contributed by atoms with E-state index < -0.39 is 49.1 Å². The fourth-order valence-corrected chi connectivity index (χ4v) is 3.39. The van der Waals surface area contributed by atoms with Gasteiger partial charge in [-0.15, -0.1) is 0 Å². The average Bonchev–Trinajstić information content (AvgIpc) is 2.73. The maximum Gasteiger partial charge on any atom is 0.153 e. The number of aliphatic hydroxyl groups is 4. The van der Waals surface area contributed by atoms with Gasteiger partial charge in [0, 0.05) is 5.56 Å². The fourth-order valence-electron chi connectivity index (χ4n) is 3.39. The molecular weight excluding hydrogens is 386 g/mol. The number of hydrogen-bond acceptors (Lipinski definition) is 6. The van der Waals surface area contributed by atoms with E-state index in [0.717, 1.165) is 6.07 Å². The molecule has 2 aromatic carbocycles. The van der Waals surface area contributed by atoms with E-state index in [1.165, 1.54) is 24.3 Å². The summed E-state index contributed by atoms with van der Waals surface area (Å²) in [5, 5.41) is 39.4. The van der Waals surface area contributed by atoms with E-state index >= 15 is 4.39 Å². The highest BCUT2D eigenvalue weighted by Gasteiger charge is 2.44. The quantitative estimate of drug-likeness (QED) is 0.580. The van der Waals surface area contributed by atoms with Gasteiger partial charge in [-0.1, -0.05) is 18.2 Å². The number of benzene rings is 2. The Labute approximate surface area is 167 Å². The highest BCUT2D eigenvalue weighted by Crippen LogP contribution is 2.36. The Bertz CT molecular complexity index is 813. The van der Waals surface area contributed by atoms with Gasteiger partial charge in [0.2, 0.25) is 0 Å². The molecule has 8 heteroatoms. The normalized spacial score (nSPS) is 28.2. The van der Waals surface area contributed by atoms with Gasteiger partial charge in [-0.2, -0.15) is 0 Å². The summed E-state index contributed by atoms with van der Waals surface area (Å²) in [5.41, 5.74) is 0.175. The van der Waals surface area contributed by atoms with Crippen LogP contribution >= 0.6 is 0 Å². The number of ether oxygens (including phenoxy) is 2. The zero-order valence-corrected chi connectivity index (χ0v) is 15.8. The van der Waals surface area contributed by atoms with Crippen molar-refractivity contribution >= 4 is 0 Å². The molecule has 0 spiro atoms. The SMILES string of the molecule is CCOc1ccc(C(F)c2cc([C@@H]3O[C@H](CO)[C@@H](O)[C@H](O)[C@H]3O)ccc2F)cc1. The van der Waals surface area contributed by atoms with Crippen LogP contribution in [0.2, 0.25) is 0 Å². The van der Waals surface area contributed by atoms with Crippen LogP contribution in [0.3, 0.4) is 0 Å². The first kappa shape index (κ1) is 21.6. The number of rotatable bonds is 6. The molecule has 2 aromatic rings. The fraction of sp³-hybridized carbons (Fsp3) is 0.429. The number of hydrogen-bond donors (Lipinski definition) is 4. The lowest BCUT2D eigenvalue weighted by Gasteiger charge is -2.40. The predicted molar refractivity (Wildman–Crippen MR) is 99.7 cm³/mol. The Morgan fingerprint density at radius 1 is 1.03 bits per heavy atom. The lowest BCUT2D eigenvalue weighted by molar-refractivity contribution is -0.231. The van der Waals surface area contributed by atoms with Crippen molar-refractivity contribution in [3.8, 4) is 5.75 Å². The lowest BCUT2D eigenvalue weighted by Crippen LogP contribution is -2.55. The summed E-state index contributed by atoms with van der Waals surface area (Å²) < 4.78 is 40.2. The average molecular weight is 410 g/mol. The molecule has 1 aliphatic heterocycles.